The van der Waals surface area contributed by atoms with Gasteiger partial charge >= 0.3 is 0 Å². The lowest BCUT2D eigenvalue weighted by molar-refractivity contribution is 1.20. The van der Waals surface area contributed by atoms with E-state index in [9.17, 15) is 0 Å². The first kappa shape index (κ1) is 14.9. The summed E-state index contributed by atoms with van der Waals surface area (Å²) in [6, 6.07) is 8.25. The SMILES string of the molecule is CC#CCSc1cnc2ccccc2c1SCC#CC. The lowest BCUT2D eigenvalue weighted by Crippen LogP contribution is -1.88. The van der Waals surface area contributed by atoms with Gasteiger partial charge in [-0.15, -0.1) is 35.4 Å². The molecule has 0 N–H and O–H groups in total. The topological polar surface area (TPSA) is 12.9 Å². The van der Waals surface area contributed by atoms with Gasteiger partial charge in [-0.2, -0.15) is 0 Å². The standard InChI is InChI=1S/C17H15NS2/c1-3-5-11-19-16-13-18-15-10-8-7-9-14(15)17(16)20-12-6-4-2/h7-10,13H,11-12H2,1-2H3. The van der Waals surface area contributed by atoms with Crippen molar-refractivity contribution in [3.63, 3.8) is 0 Å². The Balaban J connectivity index is 2.39. The normalized spacial score (nSPS) is 9.50. The molecule has 0 saturated heterocycles. The maximum absolute atomic E-state index is 4.53. The summed E-state index contributed by atoms with van der Waals surface area (Å²) in [5.74, 6) is 13.7. The molecule has 0 aliphatic heterocycles. The minimum atomic E-state index is 0.795. The number of fused-ring (bicyclic) bond motifs is 1. The number of pyridine rings is 1. The number of para-hydroxylation sites is 1. The van der Waals surface area contributed by atoms with E-state index < -0.39 is 0 Å². The predicted octanol–water partition coefficient (Wildman–Crippen LogP) is 4.47. The minimum absolute atomic E-state index is 0.795. The van der Waals surface area contributed by atoms with Gasteiger partial charge in [-0.3, -0.25) is 4.98 Å². The first-order valence-electron chi connectivity index (χ1n) is 6.29. The molecule has 0 spiro atoms. The number of nitrogens with zero attached hydrogens (tertiary/aromatic N) is 1. The quantitative estimate of drug-likeness (QED) is 0.610. The Hall–Kier alpha value is -1.55. The Morgan fingerprint density at radius 3 is 2.45 bits per heavy atom. The van der Waals surface area contributed by atoms with Gasteiger partial charge in [0.2, 0.25) is 0 Å². The molecule has 0 unspecified atom stereocenters. The molecule has 1 aromatic carbocycles. The molecule has 1 aromatic heterocycles. The molecule has 100 valence electrons. The Morgan fingerprint density at radius 2 is 1.70 bits per heavy atom. The zero-order valence-electron chi connectivity index (χ0n) is 11.6. The zero-order valence-corrected chi connectivity index (χ0v) is 13.2. The fraction of sp³-hybridized carbons (Fsp3) is 0.235. The Labute approximate surface area is 128 Å². The van der Waals surface area contributed by atoms with Crippen molar-refractivity contribution in [3.8, 4) is 23.7 Å². The van der Waals surface area contributed by atoms with Crippen LogP contribution in [-0.2, 0) is 0 Å². The summed E-state index contributed by atoms with van der Waals surface area (Å²) >= 11 is 3.52. The second-order valence-corrected chi connectivity index (χ2v) is 5.90. The van der Waals surface area contributed by atoms with Gasteiger partial charge < -0.3 is 0 Å². The van der Waals surface area contributed by atoms with E-state index in [-0.39, 0.29) is 0 Å². The highest BCUT2D eigenvalue weighted by Gasteiger charge is 2.09. The third-order valence-electron chi connectivity index (χ3n) is 2.64. The average Bonchev–Trinajstić information content (AvgIpc) is 2.49. The van der Waals surface area contributed by atoms with Gasteiger partial charge in [0.25, 0.3) is 0 Å². The molecule has 0 saturated carbocycles. The summed E-state index contributed by atoms with van der Waals surface area (Å²) in [5, 5.41) is 1.20. The van der Waals surface area contributed by atoms with Crippen LogP contribution in [0.2, 0.25) is 0 Å². The molecule has 0 bridgehead atoms. The molecule has 20 heavy (non-hydrogen) atoms. The molecular formula is C17H15NS2. The molecule has 0 aliphatic rings. The van der Waals surface area contributed by atoms with Gasteiger partial charge in [0.05, 0.1) is 17.0 Å². The van der Waals surface area contributed by atoms with Crippen LogP contribution in [0.1, 0.15) is 13.8 Å². The number of benzene rings is 1. The first-order valence-corrected chi connectivity index (χ1v) is 8.26. The molecule has 0 aliphatic carbocycles. The Bertz CT molecular complexity index is 714. The summed E-state index contributed by atoms with van der Waals surface area (Å²) in [5.41, 5.74) is 1.03. The highest BCUT2D eigenvalue weighted by Crippen LogP contribution is 2.35. The van der Waals surface area contributed by atoms with Crippen molar-refractivity contribution < 1.29 is 0 Å². The van der Waals surface area contributed by atoms with E-state index in [4.69, 9.17) is 0 Å². The molecule has 0 radical (unpaired) electrons. The van der Waals surface area contributed by atoms with Crippen LogP contribution in [0.4, 0.5) is 0 Å². The molecule has 0 fully saturated rings. The van der Waals surface area contributed by atoms with Crippen LogP contribution in [0.25, 0.3) is 10.9 Å². The van der Waals surface area contributed by atoms with Crippen LogP contribution in [0.3, 0.4) is 0 Å². The number of thioether (sulfide) groups is 2. The molecule has 3 heteroatoms. The van der Waals surface area contributed by atoms with Crippen LogP contribution in [0.5, 0.6) is 0 Å². The van der Waals surface area contributed by atoms with Crippen molar-refractivity contribution in [2.45, 2.75) is 23.6 Å². The highest BCUT2D eigenvalue weighted by atomic mass is 32.2. The number of aromatic nitrogens is 1. The lowest BCUT2D eigenvalue weighted by Gasteiger charge is -2.09. The van der Waals surface area contributed by atoms with Gasteiger partial charge in [0.15, 0.2) is 0 Å². The largest absolute Gasteiger partial charge is 0.255 e. The van der Waals surface area contributed by atoms with Gasteiger partial charge in [-0.1, -0.05) is 30.0 Å². The van der Waals surface area contributed by atoms with Crippen molar-refractivity contribution in [1.29, 1.82) is 0 Å². The van der Waals surface area contributed by atoms with E-state index in [0.717, 1.165) is 17.0 Å². The van der Waals surface area contributed by atoms with Crippen molar-refractivity contribution in [3.05, 3.63) is 30.5 Å². The van der Waals surface area contributed by atoms with E-state index >= 15 is 0 Å². The van der Waals surface area contributed by atoms with Crippen LogP contribution in [0, 0.1) is 23.7 Å². The number of rotatable bonds is 4. The fourth-order valence-electron chi connectivity index (χ4n) is 1.72. The number of hydrogen-bond donors (Lipinski definition) is 0. The summed E-state index contributed by atoms with van der Waals surface area (Å²) in [6.45, 7) is 3.74. The average molecular weight is 297 g/mol. The number of hydrogen-bond acceptors (Lipinski definition) is 3. The first-order chi connectivity index (χ1) is 9.86. The van der Waals surface area contributed by atoms with Gasteiger partial charge in [0.1, 0.15) is 0 Å². The Morgan fingerprint density at radius 1 is 1.00 bits per heavy atom. The third kappa shape index (κ3) is 3.73. The Kier molecular flexibility index (Phi) is 5.87. The zero-order chi connectivity index (χ0) is 14.2. The van der Waals surface area contributed by atoms with Gasteiger partial charge in [-0.05, 0) is 19.9 Å². The molecule has 1 nitrogen and oxygen atoms in total. The maximum Gasteiger partial charge on any atom is 0.0714 e. The lowest BCUT2D eigenvalue weighted by atomic mass is 10.2. The molecule has 2 aromatic rings. The van der Waals surface area contributed by atoms with Crippen molar-refractivity contribution in [1.82, 2.24) is 4.98 Å². The van der Waals surface area contributed by atoms with E-state index in [1.807, 2.05) is 32.2 Å². The molecule has 0 amide bonds. The van der Waals surface area contributed by atoms with Crippen LogP contribution in [0.15, 0.2) is 40.3 Å². The monoisotopic (exact) mass is 297 g/mol. The smallest absolute Gasteiger partial charge is 0.0714 e. The van der Waals surface area contributed by atoms with E-state index in [2.05, 4.69) is 40.8 Å². The van der Waals surface area contributed by atoms with Crippen LogP contribution in [-0.4, -0.2) is 16.5 Å². The molecule has 2 rings (SSSR count). The highest BCUT2D eigenvalue weighted by molar-refractivity contribution is 8.02. The minimum Gasteiger partial charge on any atom is -0.255 e. The molecule has 0 atom stereocenters. The maximum atomic E-state index is 4.53. The molecule has 1 heterocycles. The van der Waals surface area contributed by atoms with Gasteiger partial charge in [-0.25, -0.2) is 0 Å². The van der Waals surface area contributed by atoms with E-state index in [1.165, 1.54) is 15.2 Å². The second-order valence-electron chi connectivity index (χ2n) is 3.90. The van der Waals surface area contributed by atoms with Crippen molar-refractivity contribution in [2.75, 3.05) is 11.5 Å². The summed E-state index contributed by atoms with van der Waals surface area (Å²) in [7, 11) is 0. The summed E-state index contributed by atoms with van der Waals surface area (Å²) in [6.07, 6.45) is 1.95. The van der Waals surface area contributed by atoms with Gasteiger partial charge in [0, 0.05) is 21.4 Å². The van der Waals surface area contributed by atoms with Crippen molar-refractivity contribution in [2.24, 2.45) is 0 Å². The second kappa shape index (κ2) is 7.90. The third-order valence-corrected chi connectivity index (χ3v) is 4.69. The van der Waals surface area contributed by atoms with Crippen LogP contribution < -0.4 is 0 Å². The van der Waals surface area contributed by atoms with E-state index in [0.29, 0.717) is 0 Å². The summed E-state index contributed by atoms with van der Waals surface area (Å²) in [4.78, 5) is 6.98. The predicted molar refractivity (Wildman–Crippen MR) is 90.1 cm³/mol. The van der Waals surface area contributed by atoms with Crippen LogP contribution >= 0.6 is 23.5 Å². The van der Waals surface area contributed by atoms with E-state index in [1.54, 1.807) is 23.5 Å². The van der Waals surface area contributed by atoms with Crippen molar-refractivity contribution >= 4 is 34.4 Å². The fourth-order valence-corrected chi connectivity index (χ4v) is 3.69. The summed E-state index contributed by atoms with van der Waals surface area (Å²) < 4.78 is 0. The molecular weight excluding hydrogens is 282 g/mol.